The van der Waals surface area contributed by atoms with Gasteiger partial charge in [-0.1, -0.05) is 24.3 Å². The van der Waals surface area contributed by atoms with Crippen LogP contribution < -0.4 is 5.32 Å². The Morgan fingerprint density at radius 3 is 2.31 bits per heavy atom. The molecule has 0 aliphatic carbocycles. The number of carbonyl (C=O) groups is 2. The number of nitrogens with zero attached hydrogens (tertiary/aromatic N) is 1. The normalized spacial score (nSPS) is 20.5. The van der Waals surface area contributed by atoms with Crippen LogP contribution in [-0.4, -0.2) is 40.6 Å². The second-order valence-electron chi connectivity index (χ2n) is 7.96. The van der Waals surface area contributed by atoms with Gasteiger partial charge in [-0.2, -0.15) is 13.2 Å². The van der Waals surface area contributed by atoms with Crippen molar-refractivity contribution in [2.24, 2.45) is 0 Å². The second kappa shape index (κ2) is 9.68. The maximum Gasteiger partial charge on any atom is 0.416 e. The van der Waals surface area contributed by atoms with Gasteiger partial charge in [0.1, 0.15) is 6.17 Å². The monoisotopic (exact) mass is 452 g/mol. The van der Waals surface area contributed by atoms with Crippen LogP contribution in [0.5, 0.6) is 0 Å². The zero-order chi connectivity index (χ0) is 23.5. The summed E-state index contributed by atoms with van der Waals surface area (Å²) < 4.78 is 52.4. The molecule has 172 valence electrons. The van der Waals surface area contributed by atoms with Crippen molar-refractivity contribution in [3.8, 4) is 0 Å². The molecule has 1 amide bonds. The topological polar surface area (TPSA) is 69.6 Å². The average molecular weight is 452 g/mol. The molecule has 1 saturated heterocycles. The summed E-state index contributed by atoms with van der Waals surface area (Å²) >= 11 is 0. The van der Waals surface area contributed by atoms with E-state index >= 15 is 0 Å². The van der Waals surface area contributed by atoms with Gasteiger partial charge in [0.05, 0.1) is 23.2 Å². The fourth-order valence-electron chi connectivity index (χ4n) is 3.77. The summed E-state index contributed by atoms with van der Waals surface area (Å²) in [7, 11) is 0. The summed E-state index contributed by atoms with van der Waals surface area (Å²) in [6.45, 7) is 2.27. The van der Waals surface area contributed by atoms with Crippen LogP contribution in [0.1, 0.15) is 52.9 Å². The van der Waals surface area contributed by atoms with Crippen molar-refractivity contribution >= 4 is 11.9 Å². The molecule has 1 aliphatic heterocycles. The van der Waals surface area contributed by atoms with Gasteiger partial charge < -0.3 is 10.4 Å². The number of nitrogens with one attached hydrogen (secondary N) is 1. The van der Waals surface area contributed by atoms with Crippen molar-refractivity contribution in [2.45, 2.75) is 50.7 Å². The summed E-state index contributed by atoms with van der Waals surface area (Å²) in [6.07, 6.45) is -5.32. The molecule has 0 bridgehead atoms. The molecule has 1 heterocycles. The van der Waals surface area contributed by atoms with Gasteiger partial charge >= 0.3 is 12.1 Å². The number of carbonyl (C=O) groups excluding carboxylic acids is 1. The standard InChI is InChI=1S/C23H24F4N2O3/c1-14(16-4-6-17(7-5-16)22(31)32)28-21(30)20-12-19(24)10-11-29(20)13-15-2-8-18(9-3-15)23(25,26)27/h2-9,14,19-20H,10-13H2,1H3,(H,28,30)(H,31,32). The third kappa shape index (κ3) is 5.85. The first-order chi connectivity index (χ1) is 15.0. The summed E-state index contributed by atoms with van der Waals surface area (Å²) in [6, 6.07) is 9.62. The van der Waals surface area contributed by atoms with Crippen LogP contribution in [0.2, 0.25) is 0 Å². The van der Waals surface area contributed by atoms with Crippen LogP contribution >= 0.6 is 0 Å². The third-order valence-electron chi connectivity index (χ3n) is 5.64. The Labute approximate surface area is 183 Å². The number of alkyl halides is 4. The zero-order valence-electron chi connectivity index (χ0n) is 17.4. The van der Waals surface area contributed by atoms with Crippen molar-refractivity contribution in [3.63, 3.8) is 0 Å². The molecule has 1 fully saturated rings. The highest BCUT2D eigenvalue weighted by Gasteiger charge is 2.34. The molecule has 0 saturated carbocycles. The highest BCUT2D eigenvalue weighted by Crippen LogP contribution is 2.30. The van der Waals surface area contributed by atoms with Gasteiger partial charge in [0.2, 0.25) is 5.91 Å². The zero-order valence-corrected chi connectivity index (χ0v) is 17.4. The molecule has 2 aromatic rings. The highest BCUT2D eigenvalue weighted by molar-refractivity contribution is 5.87. The van der Waals surface area contributed by atoms with E-state index in [0.29, 0.717) is 17.7 Å². The van der Waals surface area contributed by atoms with Crippen molar-refractivity contribution in [1.82, 2.24) is 10.2 Å². The summed E-state index contributed by atoms with van der Waals surface area (Å²) in [4.78, 5) is 25.7. The van der Waals surface area contributed by atoms with Gasteiger partial charge in [0.25, 0.3) is 0 Å². The number of rotatable bonds is 6. The minimum absolute atomic E-state index is 0.00284. The van der Waals surface area contributed by atoms with Crippen molar-refractivity contribution in [2.75, 3.05) is 6.54 Å². The van der Waals surface area contributed by atoms with Crippen LogP contribution in [-0.2, 0) is 17.5 Å². The molecule has 3 atom stereocenters. The van der Waals surface area contributed by atoms with Gasteiger partial charge in [-0.05, 0) is 48.7 Å². The van der Waals surface area contributed by atoms with E-state index in [1.165, 1.54) is 24.3 Å². The lowest BCUT2D eigenvalue weighted by Gasteiger charge is -2.36. The number of likely N-dealkylation sites (tertiary alicyclic amines) is 1. The largest absolute Gasteiger partial charge is 0.478 e. The minimum atomic E-state index is -4.42. The molecule has 9 heteroatoms. The Morgan fingerprint density at radius 2 is 1.75 bits per heavy atom. The summed E-state index contributed by atoms with van der Waals surface area (Å²) in [5.41, 5.74) is 0.680. The molecule has 2 N–H and O–H groups in total. The predicted octanol–water partition coefficient (Wildman–Crippen LogP) is 4.58. The molecule has 5 nitrogen and oxygen atoms in total. The van der Waals surface area contributed by atoms with E-state index in [4.69, 9.17) is 5.11 Å². The first-order valence-corrected chi connectivity index (χ1v) is 10.2. The second-order valence-corrected chi connectivity index (χ2v) is 7.96. The van der Waals surface area contributed by atoms with Gasteiger partial charge in [-0.15, -0.1) is 0 Å². The van der Waals surface area contributed by atoms with Crippen LogP contribution in [0.25, 0.3) is 0 Å². The number of carboxylic acids is 1. The van der Waals surface area contributed by atoms with E-state index in [-0.39, 0.29) is 30.9 Å². The Morgan fingerprint density at radius 1 is 1.12 bits per heavy atom. The Balaban J connectivity index is 1.68. The first-order valence-electron chi connectivity index (χ1n) is 10.2. The highest BCUT2D eigenvalue weighted by atomic mass is 19.4. The SMILES string of the molecule is CC(NC(=O)C1CC(F)CCN1Cc1ccc(C(F)(F)F)cc1)c1ccc(C(=O)O)cc1. The Bertz CT molecular complexity index is 945. The number of halogens is 4. The molecular weight excluding hydrogens is 428 g/mol. The van der Waals surface area contributed by atoms with E-state index in [1.807, 2.05) is 0 Å². The van der Waals surface area contributed by atoms with Crippen LogP contribution in [0.4, 0.5) is 17.6 Å². The summed E-state index contributed by atoms with van der Waals surface area (Å²) in [5.74, 6) is -1.43. The Hall–Kier alpha value is -2.94. The molecule has 0 aromatic heterocycles. The number of aromatic carboxylic acids is 1. The molecule has 32 heavy (non-hydrogen) atoms. The molecule has 0 radical (unpaired) electrons. The number of piperidine rings is 1. The average Bonchev–Trinajstić information content (AvgIpc) is 2.74. The van der Waals surface area contributed by atoms with Crippen LogP contribution in [0.15, 0.2) is 48.5 Å². The molecular formula is C23H24F4N2O3. The Kier molecular flexibility index (Phi) is 7.18. The fraction of sp³-hybridized carbons (Fsp3) is 0.391. The molecule has 3 unspecified atom stereocenters. The molecule has 3 rings (SSSR count). The van der Waals surface area contributed by atoms with E-state index < -0.39 is 36.0 Å². The number of carboxylic acid groups (broad SMARTS) is 1. The number of hydrogen-bond donors (Lipinski definition) is 2. The molecule has 1 aliphatic rings. The molecule has 0 spiro atoms. The third-order valence-corrected chi connectivity index (χ3v) is 5.64. The lowest BCUT2D eigenvalue weighted by Crippen LogP contribution is -2.51. The quantitative estimate of drug-likeness (QED) is 0.630. The van der Waals surface area contributed by atoms with Crippen molar-refractivity contribution < 1.29 is 32.3 Å². The van der Waals surface area contributed by atoms with E-state index in [9.17, 15) is 27.2 Å². The number of benzene rings is 2. The maximum atomic E-state index is 14.1. The smallest absolute Gasteiger partial charge is 0.416 e. The fourth-order valence-corrected chi connectivity index (χ4v) is 3.77. The minimum Gasteiger partial charge on any atom is -0.478 e. The first kappa shape index (κ1) is 23.7. The van der Waals surface area contributed by atoms with Crippen molar-refractivity contribution in [3.05, 3.63) is 70.8 Å². The maximum absolute atomic E-state index is 14.1. The lowest BCUT2D eigenvalue weighted by molar-refractivity contribution is -0.137. The van der Waals surface area contributed by atoms with Crippen LogP contribution in [0.3, 0.4) is 0 Å². The lowest BCUT2D eigenvalue weighted by atomic mass is 9.97. The van der Waals surface area contributed by atoms with Gasteiger partial charge in [0, 0.05) is 19.5 Å². The van der Waals surface area contributed by atoms with Gasteiger partial charge in [0.15, 0.2) is 0 Å². The van der Waals surface area contributed by atoms with Crippen molar-refractivity contribution in [1.29, 1.82) is 0 Å². The predicted molar refractivity (Wildman–Crippen MR) is 110 cm³/mol. The van der Waals surface area contributed by atoms with Crippen LogP contribution in [0, 0.1) is 0 Å². The van der Waals surface area contributed by atoms with E-state index in [1.54, 1.807) is 24.0 Å². The van der Waals surface area contributed by atoms with Gasteiger partial charge in [-0.25, -0.2) is 9.18 Å². The van der Waals surface area contributed by atoms with E-state index in [2.05, 4.69) is 5.32 Å². The number of hydrogen-bond acceptors (Lipinski definition) is 3. The number of amides is 1. The van der Waals surface area contributed by atoms with Gasteiger partial charge in [-0.3, -0.25) is 9.69 Å². The van der Waals surface area contributed by atoms with E-state index in [0.717, 1.165) is 12.1 Å². The summed E-state index contributed by atoms with van der Waals surface area (Å²) in [5, 5.41) is 11.8. The molecule has 2 aromatic carbocycles.